The first kappa shape index (κ1) is 17.4. The van der Waals surface area contributed by atoms with Gasteiger partial charge in [-0.05, 0) is 44.6 Å². The number of nitrogens with one attached hydrogen (secondary N) is 1. The SMILES string of the molecule is CO/N=C/c1ccc(-c2ccccc2NC(=O)c2sccc2Br)cc1. The molecule has 0 bridgehead atoms. The number of oxime groups is 1. The van der Waals surface area contributed by atoms with Gasteiger partial charge >= 0.3 is 0 Å². The molecule has 6 heteroatoms. The van der Waals surface area contributed by atoms with Crippen molar-refractivity contribution in [2.45, 2.75) is 0 Å². The van der Waals surface area contributed by atoms with E-state index in [1.54, 1.807) is 6.21 Å². The van der Waals surface area contributed by atoms with Crippen LogP contribution in [0.5, 0.6) is 0 Å². The molecule has 0 saturated heterocycles. The van der Waals surface area contributed by atoms with E-state index in [9.17, 15) is 4.79 Å². The van der Waals surface area contributed by atoms with E-state index in [4.69, 9.17) is 0 Å². The fourth-order valence-corrected chi connectivity index (χ4v) is 3.79. The molecular weight excluding hydrogens is 400 g/mol. The van der Waals surface area contributed by atoms with Gasteiger partial charge in [0, 0.05) is 15.7 Å². The van der Waals surface area contributed by atoms with Gasteiger partial charge in [-0.15, -0.1) is 11.3 Å². The number of hydrogen-bond donors (Lipinski definition) is 1. The highest BCUT2D eigenvalue weighted by Gasteiger charge is 2.14. The first-order valence-corrected chi connectivity index (χ1v) is 9.16. The highest BCUT2D eigenvalue weighted by molar-refractivity contribution is 9.10. The van der Waals surface area contributed by atoms with E-state index in [1.807, 2.05) is 60.0 Å². The molecule has 0 fully saturated rings. The lowest BCUT2D eigenvalue weighted by Gasteiger charge is -2.11. The summed E-state index contributed by atoms with van der Waals surface area (Å²) in [5.41, 5.74) is 3.68. The van der Waals surface area contributed by atoms with Gasteiger partial charge in [0.25, 0.3) is 5.91 Å². The zero-order valence-corrected chi connectivity index (χ0v) is 15.8. The lowest BCUT2D eigenvalue weighted by molar-refractivity contribution is 0.103. The maximum Gasteiger partial charge on any atom is 0.266 e. The largest absolute Gasteiger partial charge is 0.399 e. The average Bonchev–Trinajstić information content (AvgIpc) is 3.07. The van der Waals surface area contributed by atoms with Crippen LogP contribution in [0.2, 0.25) is 0 Å². The van der Waals surface area contributed by atoms with Crippen LogP contribution in [0.3, 0.4) is 0 Å². The van der Waals surface area contributed by atoms with Crippen LogP contribution in [0, 0.1) is 0 Å². The highest BCUT2D eigenvalue weighted by Crippen LogP contribution is 2.30. The minimum Gasteiger partial charge on any atom is -0.399 e. The number of rotatable bonds is 5. The van der Waals surface area contributed by atoms with Gasteiger partial charge in [0.05, 0.1) is 6.21 Å². The highest BCUT2D eigenvalue weighted by atomic mass is 79.9. The minimum atomic E-state index is -0.127. The number of halogens is 1. The van der Waals surface area contributed by atoms with Gasteiger partial charge in [0.2, 0.25) is 0 Å². The Balaban J connectivity index is 1.87. The van der Waals surface area contributed by atoms with Crippen molar-refractivity contribution in [3.05, 3.63) is 74.9 Å². The number of anilines is 1. The molecule has 0 atom stereocenters. The van der Waals surface area contributed by atoms with E-state index >= 15 is 0 Å². The van der Waals surface area contributed by atoms with Crippen molar-refractivity contribution in [3.63, 3.8) is 0 Å². The summed E-state index contributed by atoms with van der Waals surface area (Å²) in [6, 6.07) is 17.5. The summed E-state index contributed by atoms with van der Waals surface area (Å²) >= 11 is 4.80. The van der Waals surface area contributed by atoms with Gasteiger partial charge in [0.15, 0.2) is 0 Å². The van der Waals surface area contributed by atoms with E-state index in [0.29, 0.717) is 4.88 Å². The van der Waals surface area contributed by atoms with Gasteiger partial charge in [-0.2, -0.15) is 0 Å². The smallest absolute Gasteiger partial charge is 0.266 e. The predicted molar refractivity (Wildman–Crippen MR) is 106 cm³/mol. The fourth-order valence-electron chi connectivity index (χ4n) is 2.34. The Hall–Kier alpha value is -2.44. The van der Waals surface area contributed by atoms with Gasteiger partial charge in [-0.3, -0.25) is 4.79 Å². The van der Waals surface area contributed by atoms with Crippen LogP contribution >= 0.6 is 27.3 Å². The second kappa shape index (κ2) is 8.09. The monoisotopic (exact) mass is 414 g/mol. The van der Waals surface area contributed by atoms with Crippen molar-refractivity contribution < 1.29 is 9.63 Å². The Morgan fingerprint density at radius 2 is 1.92 bits per heavy atom. The molecule has 2 aromatic carbocycles. The topological polar surface area (TPSA) is 50.7 Å². The van der Waals surface area contributed by atoms with Gasteiger partial charge in [-0.1, -0.05) is 47.6 Å². The molecule has 3 rings (SSSR count). The molecule has 126 valence electrons. The van der Waals surface area contributed by atoms with Crippen molar-refractivity contribution in [1.82, 2.24) is 0 Å². The van der Waals surface area contributed by atoms with Gasteiger partial charge in [0.1, 0.15) is 12.0 Å². The maximum atomic E-state index is 12.5. The number of thiophene rings is 1. The number of carbonyl (C=O) groups excluding carboxylic acids is 1. The summed E-state index contributed by atoms with van der Waals surface area (Å²) in [4.78, 5) is 17.8. The third kappa shape index (κ3) is 4.15. The number of amides is 1. The molecule has 0 unspecified atom stereocenters. The lowest BCUT2D eigenvalue weighted by atomic mass is 10.0. The predicted octanol–water partition coefficient (Wildman–Crippen LogP) is 5.41. The third-order valence-corrected chi connectivity index (χ3v) is 5.36. The van der Waals surface area contributed by atoms with Gasteiger partial charge < -0.3 is 10.2 Å². The first-order chi connectivity index (χ1) is 12.2. The lowest BCUT2D eigenvalue weighted by Crippen LogP contribution is -2.11. The number of nitrogens with zero attached hydrogens (tertiary/aromatic N) is 1. The van der Waals surface area contributed by atoms with E-state index in [2.05, 4.69) is 31.2 Å². The molecule has 0 spiro atoms. The van der Waals surface area contributed by atoms with E-state index in [0.717, 1.165) is 26.9 Å². The quantitative estimate of drug-likeness (QED) is 0.448. The van der Waals surface area contributed by atoms with Crippen molar-refractivity contribution in [2.24, 2.45) is 5.16 Å². The Morgan fingerprint density at radius 1 is 1.16 bits per heavy atom. The van der Waals surface area contributed by atoms with E-state index in [1.165, 1.54) is 18.4 Å². The van der Waals surface area contributed by atoms with Crippen LogP contribution in [-0.4, -0.2) is 19.2 Å². The molecule has 4 nitrogen and oxygen atoms in total. The maximum absolute atomic E-state index is 12.5. The first-order valence-electron chi connectivity index (χ1n) is 7.49. The molecule has 1 heterocycles. The van der Waals surface area contributed by atoms with Crippen LogP contribution in [0.25, 0.3) is 11.1 Å². The van der Waals surface area contributed by atoms with Crippen molar-refractivity contribution in [1.29, 1.82) is 0 Å². The molecule has 0 aliphatic heterocycles. The molecule has 1 N–H and O–H groups in total. The zero-order chi connectivity index (χ0) is 17.6. The Morgan fingerprint density at radius 3 is 2.60 bits per heavy atom. The standard InChI is InChI=1S/C19H15BrN2O2S/c1-24-21-12-13-6-8-14(9-7-13)15-4-2-3-5-17(15)22-19(23)18-16(20)10-11-25-18/h2-12H,1H3,(H,22,23)/b21-12+. The molecule has 0 aliphatic rings. The van der Waals surface area contributed by atoms with Crippen LogP contribution in [0.4, 0.5) is 5.69 Å². The number of benzene rings is 2. The summed E-state index contributed by atoms with van der Waals surface area (Å²) < 4.78 is 0.800. The summed E-state index contributed by atoms with van der Waals surface area (Å²) in [6.45, 7) is 0. The van der Waals surface area contributed by atoms with E-state index < -0.39 is 0 Å². The number of para-hydroxylation sites is 1. The molecule has 25 heavy (non-hydrogen) atoms. The summed E-state index contributed by atoms with van der Waals surface area (Å²) in [7, 11) is 1.51. The second-order valence-corrected chi connectivity index (χ2v) is 6.91. The second-order valence-electron chi connectivity index (χ2n) is 5.14. The fraction of sp³-hybridized carbons (Fsp3) is 0.0526. The molecule has 0 saturated carbocycles. The molecule has 1 amide bonds. The molecule has 1 aromatic heterocycles. The Kier molecular flexibility index (Phi) is 5.63. The molecule has 3 aromatic rings. The van der Waals surface area contributed by atoms with Gasteiger partial charge in [-0.25, -0.2) is 0 Å². The van der Waals surface area contributed by atoms with Crippen molar-refractivity contribution in [2.75, 3.05) is 12.4 Å². The number of carbonyl (C=O) groups is 1. The van der Waals surface area contributed by atoms with Crippen molar-refractivity contribution in [3.8, 4) is 11.1 Å². The Labute approximate surface area is 158 Å². The normalized spacial score (nSPS) is 10.8. The minimum absolute atomic E-state index is 0.127. The summed E-state index contributed by atoms with van der Waals surface area (Å²) in [6.07, 6.45) is 1.64. The Bertz CT molecular complexity index is 904. The van der Waals surface area contributed by atoms with Crippen molar-refractivity contribution >= 4 is 45.1 Å². The average molecular weight is 415 g/mol. The van der Waals surface area contributed by atoms with Crippen LogP contribution in [-0.2, 0) is 4.84 Å². The zero-order valence-electron chi connectivity index (χ0n) is 13.4. The molecule has 0 radical (unpaired) electrons. The van der Waals surface area contributed by atoms with Crippen LogP contribution in [0.1, 0.15) is 15.2 Å². The number of hydrogen-bond acceptors (Lipinski definition) is 4. The molecule has 0 aliphatic carbocycles. The summed E-state index contributed by atoms with van der Waals surface area (Å²) in [5.74, 6) is -0.127. The van der Waals surface area contributed by atoms with Crippen LogP contribution in [0.15, 0.2) is 69.6 Å². The van der Waals surface area contributed by atoms with Crippen LogP contribution < -0.4 is 5.32 Å². The van der Waals surface area contributed by atoms with E-state index in [-0.39, 0.29) is 5.91 Å². The summed E-state index contributed by atoms with van der Waals surface area (Å²) in [5, 5.41) is 8.63. The molecular formula is C19H15BrN2O2S. The third-order valence-electron chi connectivity index (χ3n) is 3.53.